The van der Waals surface area contributed by atoms with E-state index >= 15 is 0 Å². The van der Waals surface area contributed by atoms with Gasteiger partial charge < -0.3 is 19.7 Å². The molecule has 0 spiro atoms. The normalized spacial score (nSPS) is 12.7. The Morgan fingerprint density at radius 2 is 1.61 bits per heavy atom. The standard InChI is InChI=1S/C5H11N.C3H7NO.C3H8.C2H4O2/c1-6-4-2-3-5-6;1-4-2-3-5;1-3-2;1-4-2-3/h2-5H2,1H3;3-4H,2H2,1H3;3H2,1-2H3;2H,1H3. The first-order valence-corrected chi connectivity index (χ1v) is 6.37. The van der Waals surface area contributed by atoms with Crippen molar-refractivity contribution in [3.05, 3.63) is 0 Å². The fraction of sp³-hybridized carbons (Fsp3) is 0.846. The number of aldehydes is 1. The molecule has 1 N–H and O–H groups in total. The van der Waals surface area contributed by atoms with Crippen molar-refractivity contribution in [2.75, 3.05) is 40.8 Å². The lowest BCUT2D eigenvalue weighted by Gasteiger charge is -2.01. The van der Waals surface area contributed by atoms with Crippen LogP contribution in [0.1, 0.15) is 33.1 Å². The summed E-state index contributed by atoms with van der Waals surface area (Å²) in [5.41, 5.74) is 0. The quantitative estimate of drug-likeness (QED) is 0.777. The first-order valence-electron chi connectivity index (χ1n) is 6.37. The van der Waals surface area contributed by atoms with Gasteiger partial charge in [-0.2, -0.15) is 0 Å². The second-order valence-electron chi connectivity index (χ2n) is 3.77. The Bertz CT molecular complexity index is 149. The molecule has 0 aromatic heterocycles. The molecule has 0 radical (unpaired) electrons. The zero-order chi connectivity index (χ0) is 14.6. The van der Waals surface area contributed by atoms with Crippen LogP contribution in [0.3, 0.4) is 0 Å². The van der Waals surface area contributed by atoms with Gasteiger partial charge in [-0.25, -0.2) is 0 Å². The molecule has 0 atom stereocenters. The van der Waals surface area contributed by atoms with Crippen LogP contribution in [0.4, 0.5) is 0 Å². The number of carbonyl (C=O) groups excluding carboxylic acids is 2. The van der Waals surface area contributed by atoms with Gasteiger partial charge in [-0.1, -0.05) is 20.3 Å². The van der Waals surface area contributed by atoms with Crippen molar-refractivity contribution in [2.24, 2.45) is 0 Å². The monoisotopic (exact) mass is 262 g/mol. The highest BCUT2D eigenvalue weighted by Crippen LogP contribution is 2.02. The molecule has 0 unspecified atom stereocenters. The first-order chi connectivity index (χ1) is 8.64. The molecule has 0 aromatic carbocycles. The Morgan fingerprint density at radius 1 is 1.22 bits per heavy atom. The molecule has 5 heteroatoms. The van der Waals surface area contributed by atoms with Crippen LogP contribution in [0.2, 0.25) is 0 Å². The summed E-state index contributed by atoms with van der Waals surface area (Å²) in [5, 5.41) is 2.65. The van der Waals surface area contributed by atoms with Crippen molar-refractivity contribution < 1.29 is 14.3 Å². The molecule has 1 aliphatic rings. The molecule has 0 aliphatic carbocycles. The van der Waals surface area contributed by atoms with Gasteiger partial charge in [0.1, 0.15) is 6.29 Å². The number of methoxy groups -OCH3 is 1. The molecule has 1 aliphatic heterocycles. The predicted molar refractivity (Wildman–Crippen MR) is 75.8 cm³/mol. The van der Waals surface area contributed by atoms with Crippen LogP contribution >= 0.6 is 0 Å². The molecule has 0 amide bonds. The van der Waals surface area contributed by atoms with Crippen molar-refractivity contribution in [1.82, 2.24) is 10.2 Å². The molecule has 1 heterocycles. The van der Waals surface area contributed by atoms with E-state index < -0.39 is 0 Å². The Balaban J connectivity index is -0.000000173. The van der Waals surface area contributed by atoms with Crippen molar-refractivity contribution in [2.45, 2.75) is 33.1 Å². The van der Waals surface area contributed by atoms with Gasteiger partial charge in [0.05, 0.1) is 13.7 Å². The largest absolute Gasteiger partial charge is 0.471 e. The Kier molecular flexibility index (Phi) is 31.0. The smallest absolute Gasteiger partial charge is 0.292 e. The fourth-order valence-electron chi connectivity index (χ4n) is 0.959. The molecule has 1 rings (SSSR count). The number of nitrogens with one attached hydrogen (secondary N) is 1. The second kappa shape index (κ2) is 25.0. The van der Waals surface area contributed by atoms with Crippen LogP contribution < -0.4 is 5.32 Å². The highest BCUT2D eigenvalue weighted by molar-refractivity contribution is 5.51. The average molecular weight is 262 g/mol. The molecule has 110 valence electrons. The minimum atomic E-state index is 0.375. The number of nitrogens with zero attached hydrogens (tertiary/aromatic N) is 1. The Labute approximate surface area is 112 Å². The fourth-order valence-corrected chi connectivity index (χ4v) is 0.959. The van der Waals surface area contributed by atoms with E-state index in [0.717, 1.165) is 6.29 Å². The third-order valence-corrected chi connectivity index (χ3v) is 1.71. The van der Waals surface area contributed by atoms with E-state index in [1.807, 2.05) is 0 Å². The van der Waals surface area contributed by atoms with Gasteiger partial charge in [-0.05, 0) is 40.0 Å². The Morgan fingerprint density at radius 3 is 1.67 bits per heavy atom. The van der Waals surface area contributed by atoms with Crippen molar-refractivity contribution in [3.8, 4) is 0 Å². The maximum absolute atomic E-state index is 9.34. The molecule has 18 heavy (non-hydrogen) atoms. The number of ether oxygens (including phenoxy) is 1. The first kappa shape index (κ1) is 22.3. The summed E-state index contributed by atoms with van der Waals surface area (Å²) in [6, 6.07) is 0. The number of likely N-dealkylation sites (N-methyl/N-ethyl adjacent to an activating group) is 1. The van der Waals surface area contributed by atoms with E-state index in [1.165, 1.54) is 39.5 Å². The van der Waals surface area contributed by atoms with Gasteiger partial charge in [0.2, 0.25) is 0 Å². The van der Waals surface area contributed by atoms with Crippen molar-refractivity contribution >= 4 is 12.8 Å². The number of rotatable bonds is 3. The van der Waals surface area contributed by atoms with Crippen LogP contribution in [0.15, 0.2) is 0 Å². The molecule has 0 saturated carbocycles. The summed E-state index contributed by atoms with van der Waals surface area (Å²) in [7, 11) is 5.22. The van der Waals surface area contributed by atoms with Gasteiger partial charge in [0.25, 0.3) is 6.47 Å². The summed E-state index contributed by atoms with van der Waals surface area (Å²) in [4.78, 5) is 20.7. The lowest BCUT2D eigenvalue weighted by Crippen LogP contribution is -2.10. The molecular weight excluding hydrogens is 232 g/mol. The predicted octanol–water partition coefficient (Wildman–Crippen LogP) is 1.32. The van der Waals surface area contributed by atoms with E-state index in [0.29, 0.717) is 13.0 Å². The van der Waals surface area contributed by atoms with E-state index in [4.69, 9.17) is 4.79 Å². The molecule has 1 fully saturated rings. The van der Waals surface area contributed by atoms with E-state index in [9.17, 15) is 4.79 Å². The van der Waals surface area contributed by atoms with Gasteiger partial charge in [0, 0.05) is 0 Å². The van der Waals surface area contributed by atoms with E-state index in [1.54, 1.807) is 7.05 Å². The van der Waals surface area contributed by atoms with E-state index in [-0.39, 0.29) is 0 Å². The highest BCUT2D eigenvalue weighted by Gasteiger charge is 2.03. The minimum Gasteiger partial charge on any atom is -0.471 e. The number of hydrogen-bond donors (Lipinski definition) is 1. The second-order valence-corrected chi connectivity index (χ2v) is 3.77. The van der Waals surface area contributed by atoms with Crippen LogP contribution in [0.5, 0.6) is 0 Å². The molecular formula is C13H30N2O3. The van der Waals surface area contributed by atoms with Crippen LogP contribution in [-0.2, 0) is 14.3 Å². The highest BCUT2D eigenvalue weighted by atomic mass is 16.5. The topological polar surface area (TPSA) is 58.6 Å². The van der Waals surface area contributed by atoms with Crippen LogP contribution in [0, 0.1) is 0 Å². The summed E-state index contributed by atoms with van der Waals surface area (Å²) < 4.78 is 3.86. The third kappa shape index (κ3) is 36.3. The lowest BCUT2D eigenvalue weighted by atomic mass is 10.4. The zero-order valence-corrected chi connectivity index (χ0v) is 12.6. The summed E-state index contributed by atoms with van der Waals surface area (Å²) in [5.74, 6) is 0. The van der Waals surface area contributed by atoms with Crippen LogP contribution in [-0.4, -0.2) is 58.5 Å². The SMILES string of the molecule is CCC.CN1CCCC1.CNCC=O.COC=O. The third-order valence-electron chi connectivity index (χ3n) is 1.71. The average Bonchev–Trinajstić information content (AvgIpc) is 2.83. The zero-order valence-electron chi connectivity index (χ0n) is 12.6. The number of carbonyl (C=O) groups is 2. The van der Waals surface area contributed by atoms with Crippen LogP contribution in [0.25, 0.3) is 0 Å². The summed E-state index contributed by atoms with van der Waals surface area (Å²) >= 11 is 0. The van der Waals surface area contributed by atoms with Gasteiger partial charge >= 0.3 is 0 Å². The molecule has 0 aromatic rings. The summed E-state index contributed by atoms with van der Waals surface area (Å²) in [6.07, 6.45) is 4.90. The lowest BCUT2D eigenvalue weighted by molar-refractivity contribution is -0.126. The maximum Gasteiger partial charge on any atom is 0.292 e. The van der Waals surface area contributed by atoms with E-state index in [2.05, 4.69) is 35.8 Å². The van der Waals surface area contributed by atoms with Crippen molar-refractivity contribution in [1.29, 1.82) is 0 Å². The molecule has 1 saturated heterocycles. The van der Waals surface area contributed by atoms with Gasteiger partial charge in [0.15, 0.2) is 0 Å². The van der Waals surface area contributed by atoms with Gasteiger partial charge in [-0.3, -0.25) is 4.79 Å². The minimum absolute atomic E-state index is 0.375. The maximum atomic E-state index is 9.34. The summed E-state index contributed by atoms with van der Waals surface area (Å²) in [6.45, 7) is 7.72. The molecule has 5 nitrogen and oxygen atoms in total. The Hall–Kier alpha value is -0.940. The molecule has 0 bridgehead atoms. The number of hydrogen-bond acceptors (Lipinski definition) is 5. The van der Waals surface area contributed by atoms with Gasteiger partial charge in [-0.15, -0.1) is 0 Å². The van der Waals surface area contributed by atoms with Crippen molar-refractivity contribution in [3.63, 3.8) is 0 Å². The number of likely N-dealkylation sites (tertiary alicyclic amines) is 1.